The molecule has 1 atom stereocenters. The van der Waals surface area contributed by atoms with Crippen molar-refractivity contribution in [1.82, 2.24) is 9.78 Å². The highest BCUT2D eigenvalue weighted by Gasteiger charge is 2.19. The Hall–Kier alpha value is -2.94. The number of methoxy groups -OCH3 is 1. The topological polar surface area (TPSA) is 109 Å². The Morgan fingerprint density at radius 2 is 2.40 bits per heavy atom. The fourth-order valence-corrected chi connectivity index (χ4v) is 2.71. The summed E-state index contributed by atoms with van der Waals surface area (Å²) in [5.74, 6) is -0.655. The van der Waals surface area contributed by atoms with Gasteiger partial charge in [0.1, 0.15) is 0 Å². The standard InChI is InChI=1S/C16H18N4O5/c1-24-16(21)14-7-12(20(22)23)4-5-15(14)18-11-8-17-19(9-11)10-13-3-2-6-25-13/h4-5,7-9,13,18H,2-3,6,10H2,1H3. The Balaban J connectivity index is 1.78. The van der Waals surface area contributed by atoms with Gasteiger partial charge in [-0.3, -0.25) is 14.8 Å². The first-order chi connectivity index (χ1) is 12.1. The van der Waals surface area contributed by atoms with Crippen LogP contribution in [-0.2, 0) is 16.0 Å². The fourth-order valence-electron chi connectivity index (χ4n) is 2.71. The maximum absolute atomic E-state index is 11.9. The lowest BCUT2D eigenvalue weighted by atomic mass is 10.1. The van der Waals surface area contributed by atoms with Gasteiger partial charge < -0.3 is 14.8 Å². The van der Waals surface area contributed by atoms with Crippen LogP contribution in [0.5, 0.6) is 0 Å². The fraction of sp³-hybridized carbons (Fsp3) is 0.375. The summed E-state index contributed by atoms with van der Waals surface area (Å²) in [6, 6.07) is 3.98. The number of aromatic nitrogens is 2. The Labute approximate surface area is 143 Å². The molecule has 2 aromatic rings. The molecular formula is C16H18N4O5. The second-order valence-corrected chi connectivity index (χ2v) is 5.69. The van der Waals surface area contributed by atoms with Crippen LogP contribution >= 0.6 is 0 Å². The molecule has 3 rings (SSSR count). The van der Waals surface area contributed by atoms with Crippen LogP contribution in [0, 0.1) is 10.1 Å². The number of nitrogens with zero attached hydrogens (tertiary/aromatic N) is 3. The smallest absolute Gasteiger partial charge is 0.340 e. The third kappa shape index (κ3) is 3.94. The number of hydrogen-bond donors (Lipinski definition) is 1. The lowest BCUT2D eigenvalue weighted by Crippen LogP contribution is -2.15. The SMILES string of the molecule is COC(=O)c1cc([N+](=O)[O-])ccc1Nc1cnn(CC2CCCO2)c1. The van der Waals surface area contributed by atoms with E-state index in [-0.39, 0.29) is 17.4 Å². The lowest BCUT2D eigenvalue weighted by Gasteiger charge is -2.10. The molecule has 1 aromatic carbocycles. The largest absolute Gasteiger partial charge is 0.465 e. The molecule has 1 aliphatic heterocycles. The van der Waals surface area contributed by atoms with E-state index in [9.17, 15) is 14.9 Å². The first kappa shape index (κ1) is 16.9. The summed E-state index contributed by atoms with van der Waals surface area (Å²) in [5.41, 5.74) is 0.981. The Morgan fingerprint density at radius 3 is 3.08 bits per heavy atom. The molecule has 25 heavy (non-hydrogen) atoms. The number of non-ortho nitro benzene ring substituents is 1. The van der Waals surface area contributed by atoms with Crippen molar-refractivity contribution in [2.24, 2.45) is 0 Å². The summed E-state index contributed by atoms with van der Waals surface area (Å²) in [4.78, 5) is 22.3. The monoisotopic (exact) mass is 346 g/mol. The van der Waals surface area contributed by atoms with Crippen molar-refractivity contribution >= 4 is 23.0 Å². The van der Waals surface area contributed by atoms with Crippen LogP contribution < -0.4 is 5.32 Å². The number of nitro groups is 1. The van der Waals surface area contributed by atoms with Crippen molar-refractivity contribution < 1.29 is 19.2 Å². The maximum atomic E-state index is 11.9. The van der Waals surface area contributed by atoms with Crippen molar-refractivity contribution in [1.29, 1.82) is 0 Å². The third-order valence-corrected chi connectivity index (χ3v) is 3.95. The molecule has 0 amide bonds. The van der Waals surface area contributed by atoms with Crippen molar-refractivity contribution in [3.63, 3.8) is 0 Å². The summed E-state index contributed by atoms with van der Waals surface area (Å²) in [6.45, 7) is 1.44. The van der Waals surface area contributed by atoms with E-state index < -0.39 is 10.9 Å². The lowest BCUT2D eigenvalue weighted by molar-refractivity contribution is -0.384. The Kier molecular flexibility index (Phi) is 4.94. The number of esters is 1. The highest BCUT2D eigenvalue weighted by molar-refractivity contribution is 5.97. The number of anilines is 2. The summed E-state index contributed by atoms with van der Waals surface area (Å²) >= 11 is 0. The average Bonchev–Trinajstić information content (AvgIpc) is 3.27. The first-order valence-corrected chi connectivity index (χ1v) is 7.84. The quantitative estimate of drug-likeness (QED) is 0.486. The summed E-state index contributed by atoms with van der Waals surface area (Å²) in [7, 11) is 1.23. The molecule has 9 heteroatoms. The molecular weight excluding hydrogens is 328 g/mol. The maximum Gasteiger partial charge on any atom is 0.340 e. The van der Waals surface area contributed by atoms with E-state index >= 15 is 0 Å². The molecule has 0 saturated carbocycles. The predicted octanol–water partition coefficient (Wildman–Crippen LogP) is 2.50. The van der Waals surface area contributed by atoms with Gasteiger partial charge in [0.25, 0.3) is 5.69 Å². The summed E-state index contributed by atoms with van der Waals surface area (Å²) in [6.07, 6.45) is 5.65. The minimum atomic E-state index is -0.655. The van der Waals surface area contributed by atoms with Gasteiger partial charge in [-0.2, -0.15) is 5.10 Å². The Bertz CT molecular complexity index is 783. The van der Waals surface area contributed by atoms with E-state index in [2.05, 4.69) is 10.4 Å². The molecule has 1 aliphatic rings. The number of hydrogen-bond acceptors (Lipinski definition) is 7. The normalized spacial score (nSPS) is 16.6. The van der Waals surface area contributed by atoms with E-state index in [1.165, 1.54) is 25.3 Å². The van der Waals surface area contributed by atoms with E-state index in [1.807, 2.05) is 0 Å². The van der Waals surface area contributed by atoms with Crippen molar-refractivity contribution in [2.45, 2.75) is 25.5 Å². The zero-order valence-corrected chi connectivity index (χ0v) is 13.7. The predicted molar refractivity (Wildman–Crippen MR) is 88.9 cm³/mol. The molecule has 0 spiro atoms. The number of nitro benzene ring substituents is 1. The van der Waals surface area contributed by atoms with Crippen molar-refractivity contribution in [2.75, 3.05) is 19.0 Å². The van der Waals surface area contributed by atoms with Crippen LogP contribution in [0.4, 0.5) is 17.1 Å². The molecule has 0 radical (unpaired) electrons. The van der Waals surface area contributed by atoms with Gasteiger partial charge in [-0.1, -0.05) is 0 Å². The molecule has 1 N–H and O–H groups in total. The second-order valence-electron chi connectivity index (χ2n) is 5.69. The van der Waals surface area contributed by atoms with Crippen LogP contribution in [0.15, 0.2) is 30.6 Å². The van der Waals surface area contributed by atoms with Crippen LogP contribution in [0.1, 0.15) is 23.2 Å². The third-order valence-electron chi connectivity index (χ3n) is 3.95. The zero-order valence-electron chi connectivity index (χ0n) is 13.7. The van der Waals surface area contributed by atoms with Gasteiger partial charge in [0.15, 0.2) is 0 Å². The van der Waals surface area contributed by atoms with Gasteiger partial charge in [0.05, 0.1) is 47.8 Å². The van der Waals surface area contributed by atoms with E-state index in [4.69, 9.17) is 9.47 Å². The molecule has 9 nitrogen and oxygen atoms in total. The molecule has 0 bridgehead atoms. The molecule has 1 aromatic heterocycles. The number of ether oxygens (including phenoxy) is 2. The van der Waals surface area contributed by atoms with E-state index in [0.29, 0.717) is 17.9 Å². The second kappa shape index (κ2) is 7.31. The number of benzene rings is 1. The molecule has 0 aliphatic carbocycles. The first-order valence-electron chi connectivity index (χ1n) is 7.84. The van der Waals surface area contributed by atoms with Crippen molar-refractivity contribution in [3.05, 3.63) is 46.3 Å². The Morgan fingerprint density at radius 1 is 1.56 bits per heavy atom. The van der Waals surface area contributed by atoms with Gasteiger partial charge in [-0.05, 0) is 18.9 Å². The van der Waals surface area contributed by atoms with Gasteiger partial charge in [-0.25, -0.2) is 4.79 Å². The van der Waals surface area contributed by atoms with Gasteiger partial charge in [0, 0.05) is 24.9 Å². The van der Waals surface area contributed by atoms with Gasteiger partial charge in [-0.15, -0.1) is 0 Å². The van der Waals surface area contributed by atoms with Crippen molar-refractivity contribution in [3.8, 4) is 0 Å². The minimum Gasteiger partial charge on any atom is -0.465 e. The molecule has 1 unspecified atom stereocenters. The molecule has 1 fully saturated rings. The van der Waals surface area contributed by atoms with Crippen LogP contribution in [0.25, 0.3) is 0 Å². The van der Waals surface area contributed by atoms with Gasteiger partial charge >= 0.3 is 5.97 Å². The molecule has 2 heterocycles. The average molecular weight is 346 g/mol. The summed E-state index contributed by atoms with van der Waals surface area (Å²) < 4.78 is 12.0. The highest BCUT2D eigenvalue weighted by atomic mass is 16.6. The number of carbonyl (C=O) groups is 1. The minimum absolute atomic E-state index is 0.0866. The van der Waals surface area contributed by atoms with E-state index in [1.54, 1.807) is 17.1 Å². The van der Waals surface area contributed by atoms with Crippen LogP contribution in [0.3, 0.4) is 0 Å². The molecule has 1 saturated heterocycles. The van der Waals surface area contributed by atoms with Crippen LogP contribution in [-0.4, -0.2) is 40.5 Å². The number of nitrogens with one attached hydrogen (secondary N) is 1. The van der Waals surface area contributed by atoms with E-state index in [0.717, 1.165) is 19.4 Å². The highest BCUT2D eigenvalue weighted by Crippen LogP contribution is 2.26. The molecule has 132 valence electrons. The zero-order chi connectivity index (χ0) is 17.8. The van der Waals surface area contributed by atoms with Crippen LogP contribution in [0.2, 0.25) is 0 Å². The van der Waals surface area contributed by atoms with Gasteiger partial charge in [0.2, 0.25) is 0 Å². The number of carbonyl (C=O) groups excluding carboxylic acids is 1. The summed E-state index contributed by atoms with van der Waals surface area (Å²) in [5, 5.41) is 18.2. The number of rotatable bonds is 6.